The number of epoxide rings is 1. The Kier molecular flexibility index (Phi) is 3.43. The van der Waals surface area contributed by atoms with Crippen LogP contribution in [0.5, 0.6) is 0 Å². The molecule has 0 radical (unpaired) electrons. The van der Waals surface area contributed by atoms with Gasteiger partial charge >= 0.3 is 0 Å². The number of alkyl halides is 3. The summed E-state index contributed by atoms with van der Waals surface area (Å²) in [5, 5.41) is 0. The Morgan fingerprint density at radius 1 is 1.35 bits per heavy atom. The van der Waals surface area contributed by atoms with Crippen LogP contribution in [0.15, 0.2) is 30.3 Å². The average molecular weight is 294 g/mol. The van der Waals surface area contributed by atoms with Gasteiger partial charge in [-0.05, 0) is 6.42 Å². The topological polar surface area (TPSA) is 29.6 Å². The fourth-order valence-electron chi connectivity index (χ4n) is 1.94. The van der Waals surface area contributed by atoms with Crippen LogP contribution in [0, 0.1) is 0 Å². The minimum Gasteiger partial charge on any atom is -0.353 e. The number of rotatable bonds is 3. The first kappa shape index (κ1) is 13.2. The van der Waals surface area contributed by atoms with Crippen molar-refractivity contribution in [2.24, 2.45) is 0 Å². The molecular weight excluding hydrogens is 282 g/mol. The molecule has 0 aromatic heterocycles. The third-order valence-electron chi connectivity index (χ3n) is 2.94. The SMILES string of the molecule is CCC1(C(=O)c2ccccc2)OC1C(Cl)(Cl)Cl. The van der Waals surface area contributed by atoms with E-state index in [4.69, 9.17) is 39.5 Å². The number of hydrogen-bond acceptors (Lipinski definition) is 2. The van der Waals surface area contributed by atoms with Crippen molar-refractivity contribution in [1.29, 1.82) is 0 Å². The molecule has 1 saturated heterocycles. The van der Waals surface area contributed by atoms with Crippen molar-refractivity contribution >= 4 is 40.6 Å². The highest BCUT2D eigenvalue weighted by Gasteiger charge is 2.68. The van der Waals surface area contributed by atoms with Crippen LogP contribution < -0.4 is 0 Å². The van der Waals surface area contributed by atoms with Gasteiger partial charge in [0.25, 0.3) is 0 Å². The largest absolute Gasteiger partial charge is 0.353 e. The zero-order valence-electron chi connectivity index (χ0n) is 9.12. The summed E-state index contributed by atoms with van der Waals surface area (Å²) >= 11 is 17.3. The quantitative estimate of drug-likeness (QED) is 0.482. The Bertz CT molecular complexity index is 427. The fourth-order valence-corrected chi connectivity index (χ4v) is 2.61. The summed E-state index contributed by atoms with van der Waals surface area (Å²) in [6, 6.07) is 8.90. The van der Waals surface area contributed by atoms with Gasteiger partial charge in [-0.25, -0.2) is 0 Å². The predicted octanol–water partition coefficient (Wildman–Crippen LogP) is 3.79. The van der Waals surface area contributed by atoms with E-state index < -0.39 is 15.5 Å². The number of halogens is 3. The average Bonchev–Trinajstić information content (AvgIpc) is 3.05. The molecule has 1 heterocycles. The molecule has 0 N–H and O–H groups in total. The number of carbonyl (C=O) groups excluding carboxylic acids is 1. The monoisotopic (exact) mass is 292 g/mol. The van der Waals surface area contributed by atoms with Gasteiger partial charge in [0, 0.05) is 5.56 Å². The van der Waals surface area contributed by atoms with E-state index in [2.05, 4.69) is 0 Å². The molecule has 2 rings (SSSR count). The Balaban J connectivity index is 2.26. The lowest BCUT2D eigenvalue weighted by atomic mass is 9.92. The molecule has 5 heteroatoms. The first-order valence-corrected chi connectivity index (χ1v) is 6.39. The normalized spacial score (nSPS) is 27.9. The van der Waals surface area contributed by atoms with Crippen LogP contribution in [0.3, 0.4) is 0 Å². The Morgan fingerprint density at radius 3 is 2.35 bits per heavy atom. The molecule has 1 aromatic rings. The molecule has 1 aliphatic rings. The first-order chi connectivity index (χ1) is 7.92. The number of benzene rings is 1. The maximum atomic E-state index is 12.3. The van der Waals surface area contributed by atoms with Crippen molar-refractivity contribution in [2.45, 2.75) is 28.8 Å². The van der Waals surface area contributed by atoms with Gasteiger partial charge in [0.2, 0.25) is 3.79 Å². The minimum absolute atomic E-state index is 0.128. The molecular formula is C12H11Cl3O2. The minimum atomic E-state index is -1.57. The van der Waals surface area contributed by atoms with Crippen LogP contribution in [0.4, 0.5) is 0 Å². The summed E-state index contributed by atoms with van der Waals surface area (Å²) in [6.45, 7) is 1.84. The molecule has 2 nitrogen and oxygen atoms in total. The van der Waals surface area contributed by atoms with Crippen LogP contribution in [0.2, 0.25) is 0 Å². The summed E-state index contributed by atoms with van der Waals surface area (Å²) in [4.78, 5) is 12.3. The predicted molar refractivity (Wildman–Crippen MR) is 69.0 cm³/mol. The summed E-state index contributed by atoms with van der Waals surface area (Å²) in [5.74, 6) is -0.128. The summed E-state index contributed by atoms with van der Waals surface area (Å²) in [6.07, 6.45) is -0.183. The van der Waals surface area contributed by atoms with E-state index >= 15 is 0 Å². The smallest absolute Gasteiger partial charge is 0.219 e. The maximum Gasteiger partial charge on any atom is 0.219 e. The summed E-state index contributed by atoms with van der Waals surface area (Å²) in [7, 11) is 0. The second-order valence-electron chi connectivity index (χ2n) is 3.98. The molecule has 0 saturated carbocycles. The molecule has 0 bridgehead atoms. The van der Waals surface area contributed by atoms with Crippen LogP contribution in [-0.2, 0) is 4.74 Å². The van der Waals surface area contributed by atoms with Gasteiger partial charge in [0.1, 0.15) is 6.10 Å². The Hall–Kier alpha value is -0.280. The van der Waals surface area contributed by atoms with Crippen molar-refractivity contribution in [3.8, 4) is 0 Å². The lowest BCUT2D eigenvalue weighted by Gasteiger charge is -2.13. The van der Waals surface area contributed by atoms with Gasteiger partial charge in [0.05, 0.1) is 0 Å². The number of ether oxygens (including phenoxy) is 1. The Labute approximate surface area is 115 Å². The zero-order chi connectivity index (χ0) is 12.7. The van der Waals surface area contributed by atoms with Gasteiger partial charge < -0.3 is 4.74 Å². The molecule has 0 amide bonds. The van der Waals surface area contributed by atoms with Gasteiger partial charge in [-0.3, -0.25) is 4.79 Å². The van der Waals surface area contributed by atoms with E-state index in [1.807, 2.05) is 13.0 Å². The summed E-state index contributed by atoms with van der Waals surface area (Å²) in [5.41, 5.74) is -0.404. The first-order valence-electron chi connectivity index (χ1n) is 5.26. The van der Waals surface area contributed by atoms with Crippen LogP contribution in [-0.4, -0.2) is 21.3 Å². The van der Waals surface area contributed by atoms with Crippen molar-refractivity contribution in [3.63, 3.8) is 0 Å². The van der Waals surface area contributed by atoms with E-state index in [1.54, 1.807) is 24.3 Å². The molecule has 1 aromatic carbocycles. The van der Waals surface area contributed by atoms with Crippen LogP contribution >= 0.6 is 34.8 Å². The lowest BCUT2D eigenvalue weighted by Crippen LogP contribution is -2.32. The van der Waals surface area contributed by atoms with E-state index in [0.29, 0.717) is 12.0 Å². The molecule has 1 fully saturated rings. The van der Waals surface area contributed by atoms with Crippen LogP contribution in [0.25, 0.3) is 0 Å². The zero-order valence-corrected chi connectivity index (χ0v) is 11.4. The van der Waals surface area contributed by atoms with E-state index in [-0.39, 0.29) is 5.78 Å². The Morgan fingerprint density at radius 2 is 1.94 bits per heavy atom. The number of carbonyl (C=O) groups is 1. The third kappa shape index (κ3) is 2.32. The van der Waals surface area contributed by atoms with Crippen molar-refractivity contribution in [3.05, 3.63) is 35.9 Å². The standard InChI is InChI=1S/C12H11Cl3O2/c1-2-11(10(17-11)12(13,14)15)9(16)8-6-4-3-5-7-8/h3-7,10H,2H2,1H3. The van der Waals surface area contributed by atoms with Crippen LogP contribution in [0.1, 0.15) is 23.7 Å². The highest BCUT2D eigenvalue weighted by Crippen LogP contribution is 2.53. The lowest BCUT2D eigenvalue weighted by molar-refractivity contribution is 0.0868. The number of ketones is 1. The van der Waals surface area contributed by atoms with Gasteiger partial charge in [-0.15, -0.1) is 0 Å². The highest BCUT2D eigenvalue weighted by atomic mass is 35.6. The van der Waals surface area contributed by atoms with Gasteiger partial charge in [0.15, 0.2) is 11.4 Å². The second kappa shape index (κ2) is 4.43. The van der Waals surface area contributed by atoms with Gasteiger partial charge in [-0.2, -0.15) is 0 Å². The van der Waals surface area contributed by atoms with E-state index in [1.165, 1.54) is 0 Å². The van der Waals surface area contributed by atoms with Crippen molar-refractivity contribution in [1.82, 2.24) is 0 Å². The molecule has 1 aliphatic heterocycles. The second-order valence-corrected chi connectivity index (χ2v) is 6.35. The molecule has 2 atom stereocenters. The van der Waals surface area contributed by atoms with Crippen molar-refractivity contribution < 1.29 is 9.53 Å². The number of Topliss-reactive ketones (excluding diaryl/α,β-unsaturated/α-hetero) is 1. The molecule has 17 heavy (non-hydrogen) atoms. The highest BCUT2D eigenvalue weighted by molar-refractivity contribution is 6.68. The third-order valence-corrected chi connectivity index (χ3v) is 3.53. The maximum absolute atomic E-state index is 12.3. The van der Waals surface area contributed by atoms with Crippen molar-refractivity contribution in [2.75, 3.05) is 0 Å². The molecule has 92 valence electrons. The fraction of sp³-hybridized carbons (Fsp3) is 0.417. The van der Waals surface area contributed by atoms with E-state index in [0.717, 1.165) is 0 Å². The molecule has 0 aliphatic carbocycles. The molecule has 0 spiro atoms. The van der Waals surface area contributed by atoms with E-state index in [9.17, 15) is 4.79 Å². The van der Waals surface area contributed by atoms with Gasteiger partial charge in [-0.1, -0.05) is 72.1 Å². The number of hydrogen-bond donors (Lipinski definition) is 0. The summed E-state index contributed by atoms with van der Waals surface area (Å²) < 4.78 is 3.82. The molecule has 2 unspecified atom stereocenters.